The van der Waals surface area contributed by atoms with Crippen LogP contribution in [0.4, 0.5) is 4.39 Å². The van der Waals surface area contributed by atoms with Crippen molar-refractivity contribution in [3.05, 3.63) is 82.3 Å². The minimum Gasteiger partial charge on any atom is -0.351 e. The number of carbonyl (C=O) groups is 1. The van der Waals surface area contributed by atoms with Crippen LogP contribution in [-0.2, 0) is 17.9 Å². The van der Waals surface area contributed by atoms with E-state index in [4.69, 9.17) is 0 Å². The van der Waals surface area contributed by atoms with E-state index in [1.807, 2.05) is 0 Å². The van der Waals surface area contributed by atoms with E-state index in [-0.39, 0.29) is 24.3 Å². The molecule has 1 saturated heterocycles. The van der Waals surface area contributed by atoms with Crippen LogP contribution in [0.2, 0.25) is 0 Å². The molecule has 1 atom stereocenters. The average Bonchev–Trinajstić information content (AvgIpc) is 3.29. The Morgan fingerprint density at radius 2 is 1.90 bits per heavy atom. The first-order chi connectivity index (χ1) is 14.2. The highest BCUT2D eigenvalue weighted by molar-refractivity contribution is 7.08. The zero-order valence-electron chi connectivity index (χ0n) is 16.3. The van der Waals surface area contributed by atoms with Gasteiger partial charge in [-0.1, -0.05) is 48.9 Å². The van der Waals surface area contributed by atoms with E-state index in [2.05, 4.69) is 51.3 Å². The minimum absolute atomic E-state index is 0.0113. The maximum Gasteiger partial charge on any atom is 0.237 e. The molecule has 5 heteroatoms. The predicted molar refractivity (Wildman–Crippen MR) is 116 cm³/mol. The molecule has 150 valence electrons. The Labute approximate surface area is 175 Å². The van der Waals surface area contributed by atoms with Gasteiger partial charge in [-0.15, -0.1) is 0 Å². The Kier molecular flexibility index (Phi) is 6.37. The maximum atomic E-state index is 13.8. The summed E-state index contributed by atoms with van der Waals surface area (Å²) in [4.78, 5) is 15.1. The van der Waals surface area contributed by atoms with E-state index >= 15 is 0 Å². The second-order valence-corrected chi connectivity index (χ2v) is 8.28. The summed E-state index contributed by atoms with van der Waals surface area (Å²) >= 11 is 1.70. The van der Waals surface area contributed by atoms with Crippen LogP contribution >= 0.6 is 11.3 Å². The Morgan fingerprint density at radius 1 is 1.07 bits per heavy atom. The van der Waals surface area contributed by atoms with Crippen molar-refractivity contribution in [2.75, 3.05) is 6.54 Å². The summed E-state index contributed by atoms with van der Waals surface area (Å²) in [5.74, 6) is -0.290. The van der Waals surface area contributed by atoms with Gasteiger partial charge < -0.3 is 5.32 Å². The van der Waals surface area contributed by atoms with Crippen molar-refractivity contribution < 1.29 is 9.18 Å². The molecule has 1 aliphatic heterocycles. The highest BCUT2D eigenvalue weighted by atomic mass is 32.1. The Hall–Kier alpha value is -2.50. The number of hydrogen-bond donors (Lipinski definition) is 1. The Balaban J connectivity index is 1.39. The summed E-state index contributed by atoms with van der Waals surface area (Å²) in [6, 6.07) is 17.1. The molecule has 2 heterocycles. The lowest BCUT2D eigenvalue weighted by molar-refractivity contribution is -0.128. The van der Waals surface area contributed by atoms with E-state index < -0.39 is 0 Å². The fraction of sp³-hybridized carbons (Fsp3) is 0.292. The van der Waals surface area contributed by atoms with Gasteiger partial charge in [-0.05, 0) is 59.0 Å². The topological polar surface area (TPSA) is 32.3 Å². The number of hydrogen-bond acceptors (Lipinski definition) is 3. The van der Waals surface area contributed by atoms with Gasteiger partial charge >= 0.3 is 0 Å². The number of nitrogens with zero attached hydrogens (tertiary/aromatic N) is 1. The number of nitrogens with one attached hydrogen (secondary N) is 1. The van der Waals surface area contributed by atoms with Crippen molar-refractivity contribution in [2.24, 2.45) is 0 Å². The average molecular weight is 409 g/mol. The van der Waals surface area contributed by atoms with Gasteiger partial charge in [0.05, 0.1) is 6.04 Å². The van der Waals surface area contributed by atoms with Crippen LogP contribution in [-0.4, -0.2) is 23.4 Å². The lowest BCUT2D eigenvalue weighted by Crippen LogP contribution is -2.48. The quantitative estimate of drug-likeness (QED) is 0.606. The zero-order valence-corrected chi connectivity index (χ0v) is 17.1. The van der Waals surface area contributed by atoms with Crippen LogP contribution in [0.3, 0.4) is 0 Å². The fourth-order valence-corrected chi connectivity index (χ4v) is 4.55. The molecule has 0 radical (unpaired) electrons. The third kappa shape index (κ3) is 4.92. The summed E-state index contributed by atoms with van der Waals surface area (Å²) in [5.41, 5.74) is 4.18. The Bertz CT molecular complexity index is 940. The fourth-order valence-electron chi connectivity index (χ4n) is 3.88. The molecule has 1 aliphatic rings. The molecule has 1 amide bonds. The normalized spacial score (nSPS) is 17.2. The highest BCUT2D eigenvalue weighted by Gasteiger charge is 2.28. The lowest BCUT2D eigenvalue weighted by atomic mass is 9.99. The van der Waals surface area contributed by atoms with Crippen LogP contribution in [0.15, 0.2) is 65.4 Å². The highest BCUT2D eigenvalue weighted by Crippen LogP contribution is 2.24. The molecule has 1 unspecified atom stereocenters. The van der Waals surface area contributed by atoms with E-state index in [1.165, 1.54) is 22.8 Å². The SMILES string of the molecule is O=C(NCc1ccccc1F)C1CCCCN1Cc1ccc(-c2ccsc2)cc1. The predicted octanol–water partition coefficient (Wildman–Crippen LogP) is 5.23. The molecule has 0 spiro atoms. The number of likely N-dealkylation sites (tertiary alicyclic amines) is 1. The van der Waals surface area contributed by atoms with Gasteiger partial charge in [-0.3, -0.25) is 9.69 Å². The van der Waals surface area contributed by atoms with Crippen LogP contribution in [0.25, 0.3) is 11.1 Å². The molecule has 3 aromatic rings. The summed E-state index contributed by atoms with van der Waals surface area (Å²) in [6.07, 6.45) is 2.99. The van der Waals surface area contributed by atoms with Crippen molar-refractivity contribution in [3.8, 4) is 11.1 Å². The molecular formula is C24H25FN2OS. The monoisotopic (exact) mass is 408 g/mol. The van der Waals surface area contributed by atoms with Gasteiger partial charge in [0, 0.05) is 18.7 Å². The minimum atomic E-state index is -0.279. The molecule has 0 aliphatic carbocycles. The van der Waals surface area contributed by atoms with Gasteiger partial charge in [-0.25, -0.2) is 4.39 Å². The molecule has 2 aromatic carbocycles. The standard InChI is InChI=1S/C24H25FN2OS/c25-22-6-2-1-5-20(22)15-26-24(28)23-7-3-4-13-27(23)16-18-8-10-19(11-9-18)21-12-14-29-17-21/h1-2,5-6,8-12,14,17,23H,3-4,7,13,15-16H2,(H,26,28). The second kappa shape index (κ2) is 9.33. The van der Waals surface area contributed by atoms with Crippen LogP contribution < -0.4 is 5.32 Å². The molecule has 1 aromatic heterocycles. The summed E-state index contributed by atoms with van der Waals surface area (Å²) in [7, 11) is 0. The van der Waals surface area contributed by atoms with Crippen molar-refractivity contribution in [1.29, 1.82) is 0 Å². The summed E-state index contributed by atoms with van der Waals surface area (Å²) < 4.78 is 13.8. The van der Waals surface area contributed by atoms with E-state index in [1.54, 1.807) is 29.5 Å². The third-order valence-electron chi connectivity index (χ3n) is 5.52. The first-order valence-corrected chi connectivity index (χ1v) is 11.0. The number of benzene rings is 2. The van der Waals surface area contributed by atoms with Crippen molar-refractivity contribution >= 4 is 17.2 Å². The zero-order chi connectivity index (χ0) is 20.1. The molecule has 0 saturated carbocycles. The van der Waals surface area contributed by atoms with Crippen LogP contribution in [0.5, 0.6) is 0 Å². The number of thiophene rings is 1. The van der Waals surface area contributed by atoms with Gasteiger partial charge in [0.1, 0.15) is 5.82 Å². The van der Waals surface area contributed by atoms with Gasteiger partial charge in [0.25, 0.3) is 0 Å². The lowest BCUT2D eigenvalue weighted by Gasteiger charge is -2.34. The molecule has 4 rings (SSSR count). The first-order valence-electron chi connectivity index (χ1n) is 10.1. The molecule has 1 N–H and O–H groups in total. The molecular weight excluding hydrogens is 383 g/mol. The molecule has 1 fully saturated rings. The summed E-state index contributed by atoms with van der Waals surface area (Å²) in [5, 5.41) is 7.17. The molecule has 29 heavy (non-hydrogen) atoms. The van der Waals surface area contributed by atoms with Crippen molar-refractivity contribution in [2.45, 2.75) is 38.4 Å². The molecule has 0 bridgehead atoms. The smallest absolute Gasteiger partial charge is 0.237 e. The van der Waals surface area contributed by atoms with E-state index in [9.17, 15) is 9.18 Å². The van der Waals surface area contributed by atoms with Crippen LogP contribution in [0.1, 0.15) is 30.4 Å². The Morgan fingerprint density at radius 3 is 2.66 bits per heavy atom. The number of piperidine rings is 1. The van der Waals surface area contributed by atoms with E-state index in [0.717, 1.165) is 32.4 Å². The largest absolute Gasteiger partial charge is 0.351 e. The van der Waals surface area contributed by atoms with E-state index in [0.29, 0.717) is 5.56 Å². The molecule has 3 nitrogen and oxygen atoms in total. The number of rotatable bonds is 6. The van der Waals surface area contributed by atoms with Gasteiger partial charge in [-0.2, -0.15) is 11.3 Å². The van der Waals surface area contributed by atoms with Crippen molar-refractivity contribution in [1.82, 2.24) is 10.2 Å². The second-order valence-electron chi connectivity index (χ2n) is 7.50. The van der Waals surface area contributed by atoms with Crippen molar-refractivity contribution in [3.63, 3.8) is 0 Å². The number of halogens is 1. The first kappa shape index (κ1) is 19.8. The number of carbonyl (C=O) groups excluding carboxylic acids is 1. The third-order valence-corrected chi connectivity index (χ3v) is 6.20. The summed E-state index contributed by atoms with van der Waals surface area (Å²) in [6.45, 7) is 1.89. The van der Waals surface area contributed by atoms with Gasteiger partial charge in [0.15, 0.2) is 0 Å². The maximum absolute atomic E-state index is 13.8. The van der Waals surface area contributed by atoms with Gasteiger partial charge in [0.2, 0.25) is 5.91 Å². The number of amides is 1. The van der Waals surface area contributed by atoms with Crippen LogP contribution in [0, 0.1) is 5.82 Å².